The topological polar surface area (TPSA) is 48.9 Å². The van der Waals surface area contributed by atoms with Crippen LogP contribution >= 0.6 is 24.0 Å². The van der Waals surface area contributed by atoms with E-state index in [0.717, 1.165) is 38.6 Å². The molecule has 1 unspecified atom stereocenters. The van der Waals surface area contributed by atoms with E-state index in [-0.39, 0.29) is 30.1 Å². The molecule has 0 spiro atoms. The summed E-state index contributed by atoms with van der Waals surface area (Å²) in [5.74, 6) is 0.814. The molecule has 0 amide bonds. The zero-order chi connectivity index (χ0) is 20.3. The van der Waals surface area contributed by atoms with Crippen LogP contribution in [0.25, 0.3) is 0 Å². The Balaban J connectivity index is 0.00000320. The minimum Gasteiger partial charge on any atom is -0.374 e. The molecule has 0 bridgehead atoms. The lowest BCUT2D eigenvalue weighted by Crippen LogP contribution is -2.37. The maximum Gasteiger partial charge on any atom is 0.191 e. The lowest BCUT2D eigenvalue weighted by Gasteiger charge is -2.19. The molecule has 6 heteroatoms. The van der Waals surface area contributed by atoms with E-state index in [1.54, 1.807) is 7.05 Å². The number of nitrogens with zero attached hydrogens (tertiary/aromatic N) is 2. The van der Waals surface area contributed by atoms with Gasteiger partial charge in [-0.15, -0.1) is 24.0 Å². The van der Waals surface area contributed by atoms with E-state index in [9.17, 15) is 0 Å². The van der Waals surface area contributed by atoms with Crippen molar-refractivity contribution in [3.05, 3.63) is 77.9 Å². The first-order valence-electron chi connectivity index (χ1n) is 10.4. The summed E-state index contributed by atoms with van der Waals surface area (Å²) in [6.07, 6.45) is 5.46. The van der Waals surface area contributed by atoms with Crippen LogP contribution in [-0.2, 0) is 11.3 Å². The van der Waals surface area contributed by atoms with Crippen molar-refractivity contribution in [3.63, 3.8) is 0 Å². The molecule has 0 saturated carbocycles. The van der Waals surface area contributed by atoms with Crippen molar-refractivity contribution >= 4 is 35.6 Å². The van der Waals surface area contributed by atoms with Crippen LogP contribution in [0.15, 0.2) is 71.7 Å². The third-order valence-electron chi connectivity index (χ3n) is 5.03. The lowest BCUT2D eigenvalue weighted by atomic mass is 10.1. The van der Waals surface area contributed by atoms with Crippen LogP contribution in [0.1, 0.15) is 30.6 Å². The summed E-state index contributed by atoms with van der Waals surface area (Å²) in [5.41, 5.74) is 3.73. The third kappa shape index (κ3) is 7.65. The Morgan fingerprint density at radius 3 is 2.57 bits per heavy atom. The highest BCUT2D eigenvalue weighted by atomic mass is 127. The second-order valence-electron chi connectivity index (χ2n) is 7.18. The van der Waals surface area contributed by atoms with E-state index in [2.05, 4.69) is 76.0 Å². The average Bonchev–Trinajstić information content (AvgIpc) is 3.31. The molecule has 1 aliphatic rings. The molecule has 3 rings (SSSR count). The van der Waals surface area contributed by atoms with Crippen molar-refractivity contribution in [3.8, 4) is 0 Å². The first kappa shape index (κ1) is 24.2. The summed E-state index contributed by atoms with van der Waals surface area (Å²) in [5, 5.41) is 6.75. The van der Waals surface area contributed by atoms with Crippen LogP contribution < -0.4 is 15.5 Å². The van der Waals surface area contributed by atoms with E-state index in [1.165, 1.54) is 16.8 Å². The van der Waals surface area contributed by atoms with Crippen molar-refractivity contribution in [2.75, 3.05) is 38.2 Å². The van der Waals surface area contributed by atoms with Gasteiger partial charge in [0.2, 0.25) is 0 Å². The monoisotopic (exact) mass is 520 g/mol. The summed E-state index contributed by atoms with van der Waals surface area (Å²) in [6.45, 7) is 6.36. The van der Waals surface area contributed by atoms with Crippen molar-refractivity contribution in [2.45, 2.75) is 26.0 Å². The molecule has 1 atom stereocenters. The predicted octanol–water partition coefficient (Wildman–Crippen LogP) is 4.51. The highest BCUT2D eigenvalue weighted by Crippen LogP contribution is 2.18. The Labute approximate surface area is 197 Å². The minimum atomic E-state index is 0. The van der Waals surface area contributed by atoms with Crippen molar-refractivity contribution in [2.24, 2.45) is 4.99 Å². The number of benzene rings is 2. The zero-order valence-corrected chi connectivity index (χ0v) is 20.2. The summed E-state index contributed by atoms with van der Waals surface area (Å²) < 4.78 is 5.92. The second kappa shape index (κ2) is 13.3. The molecule has 0 aliphatic carbocycles. The van der Waals surface area contributed by atoms with Crippen LogP contribution in [0, 0.1) is 0 Å². The number of nitrogens with one attached hydrogen (secondary N) is 2. The Morgan fingerprint density at radius 2 is 1.83 bits per heavy atom. The van der Waals surface area contributed by atoms with Crippen LogP contribution in [0.2, 0.25) is 0 Å². The van der Waals surface area contributed by atoms with Crippen molar-refractivity contribution in [1.29, 1.82) is 0 Å². The van der Waals surface area contributed by atoms with Gasteiger partial charge in [0.1, 0.15) is 0 Å². The number of hydrogen-bond acceptors (Lipinski definition) is 3. The number of guanidine groups is 1. The van der Waals surface area contributed by atoms with E-state index >= 15 is 0 Å². The van der Waals surface area contributed by atoms with E-state index in [0.29, 0.717) is 6.61 Å². The van der Waals surface area contributed by atoms with Gasteiger partial charge in [0.05, 0.1) is 6.10 Å². The molecule has 0 aromatic heterocycles. The second-order valence-corrected chi connectivity index (χ2v) is 7.18. The molecule has 5 nitrogen and oxygen atoms in total. The van der Waals surface area contributed by atoms with Crippen LogP contribution in [0.5, 0.6) is 0 Å². The van der Waals surface area contributed by atoms with Gasteiger partial charge in [-0.3, -0.25) is 4.99 Å². The molecule has 2 N–H and O–H groups in total. The molecule has 0 fully saturated rings. The van der Waals surface area contributed by atoms with Gasteiger partial charge in [-0.05, 0) is 36.6 Å². The lowest BCUT2D eigenvalue weighted by molar-refractivity contribution is 0.0646. The molecular formula is C24H33IN4O. The van der Waals surface area contributed by atoms with Crippen LogP contribution in [0.3, 0.4) is 0 Å². The SMILES string of the molecule is CN=C(NCCCOC(C)c1ccccc1)NCc1cccc(N2CC=CC2)c1.I. The fraction of sp³-hybridized carbons (Fsp3) is 0.375. The fourth-order valence-electron chi connectivity index (χ4n) is 3.32. The Bertz CT molecular complexity index is 802. The van der Waals surface area contributed by atoms with E-state index in [1.807, 2.05) is 18.2 Å². The summed E-state index contributed by atoms with van der Waals surface area (Å²) in [4.78, 5) is 6.67. The summed E-state index contributed by atoms with van der Waals surface area (Å²) in [7, 11) is 1.80. The first-order chi connectivity index (χ1) is 14.3. The highest BCUT2D eigenvalue weighted by Gasteiger charge is 2.08. The van der Waals surface area contributed by atoms with Crippen molar-refractivity contribution < 1.29 is 4.74 Å². The van der Waals surface area contributed by atoms with Gasteiger partial charge in [-0.2, -0.15) is 0 Å². The largest absolute Gasteiger partial charge is 0.374 e. The zero-order valence-electron chi connectivity index (χ0n) is 17.9. The smallest absolute Gasteiger partial charge is 0.191 e. The molecule has 1 aliphatic heterocycles. The number of hydrogen-bond donors (Lipinski definition) is 2. The normalized spacial score (nSPS) is 14.3. The standard InChI is InChI=1S/C24H32N4O.HI/c1-20(22-11-4-3-5-12-22)29-17-9-14-26-24(25-2)27-19-21-10-8-13-23(18-21)28-15-6-7-16-28;/h3-8,10-13,18,20H,9,14-17,19H2,1-2H3,(H2,25,26,27);1H. The molecule has 2 aromatic rings. The summed E-state index contributed by atoms with van der Waals surface area (Å²) >= 11 is 0. The van der Waals surface area contributed by atoms with Gasteiger partial charge < -0.3 is 20.3 Å². The molecule has 0 saturated heterocycles. The number of aliphatic imine (C=N–C) groups is 1. The predicted molar refractivity (Wildman–Crippen MR) is 137 cm³/mol. The Kier molecular flexibility index (Phi) is 10.7. The maximum absolute atomic E-state index is 5.92. The van der Waals surface area contributed by atoms with Crippen LogP contribution in [-0.4, -0.2) is 39.2 Å². The minimum absolute atomic E-state index is 0. The van der Waals surface area contributed by atoms with Gasteiger partial charge in [0.25, 0.3) is 0 Å². The Morgan fingerprint density at radius 1 is 1.07 bits per heavy atom. The number of halogens is 1. The fourth-order valence-corrected chi connectivity index (χ4v) is 3.32. The van der Waals surface area contributed by atoms with Gasteiger partial charge in [-0.1, -0.05) is 54.6 Å². The van der Waals surface area contributed by atoms with Crippen LogP contribution in [0.4, 0.5) is 5.69 Å². The third-order valence-corrected chi connectivity index (χ3v) is 5.03. The number of ether oxygens (including phenoxy) is 1. The quantitative estimate of drug-likeness (QED) is 0.168. The van der Waals surface area contributed by atoms with Crippen molar-refractivity contribution in [1.82, 2.24) is 10.6 Å². The molecule has 30 heavy (non-hydrogen) atoms. The molecule has 2 aromatic carbocycles. The average molecular weight is 520 g/mol. The van der Waals surface area contributed by atoms with Gasteiger partial charge in [0, 0.05) is 45.5 Å². The first-order valence-corrected chi connectivity index (χ1v) is 10.4. The molecular weight excluding hydrogens is 487 g/mol. The number of rotatable bonds is 9. The number of anilines is 1. The highest BCUT2D eigenvalue weighted by molar-refractivity contribution is 14.0. The van der Waals surface area contributed by atoms with Gasteiger partial charge in [-0.25, -0.2) is 0 Å². The van der Waals surface area contributed by atoms with Gasteiger partial charge in [0.15, 0.2) is 5.96 Å². The van der Waals surface area contributed by atoms with E-state index in [4.69, 9.17) is 4.74 Å². The maximum atomic E-state index is 5.92. The molecule has 0 radical (unpaired) electrons. The molecule has 162 valence electrons. The molecule has 1 heterocycles. The van der Waals surface area contributed by atoms with E-state index < -0.39 is 0 Å². The Hall–Kier alpha value is -2.06. The summed E-state index contributed by atoms with van der Waals surface area (Å²) in [6, 6.07) is 19.0. The van der Waals surface area contributed by atoms with Gasteiger partial charge >= 0.3 is 0 Å².